The Morgan fingerprint density at radius 1 is 1.35 bits per heavy atom. The molecule has 1 saturated carbocycles. The molecule has 4 nitrogen and oxygen atoms in total. The number of aromatic nitrogens is 3. The van der Waals surface area contributed by atoms with E-state index in [-0.39, 0.29) is 5.41 Å². The normalized spacial score (nSPS) is 30.7. The fourth-order valence-corrected chi connectivity index (χ4v) is 4.30. The van der Waals surface area contributed by atoms with Crippen LogP contribution in [0.15, 0.2) is 36.9 Å². The second-order valence-corrected chi connectivity index (χ2v) is 7.45. The molecule has 1 aromatic heterocycles. The average molecular weight is 354 g/mol. The van der Waals surface area contributed by atoms with Gasteiger partial charge in [0.15, 0.2) is 0 Å². The van der Waals surface area contributed by atoms with Crippen molar-refractivity contribution in [3.05, 3.63) is 47.5 Å². The number of halogens is 2. The standard InChI is InChI=1S/C17H21Cl2N3O/c1-16(9-18)14(8-13-2-4-15(19)5-3-13)6-7-17(16,23)10-22-12-20-11-21-22/h2-5,11-12,14,23H,6-10H2,1H3. The third-order valence-electron chi connectivity index (χ3n) is 5.43. The number of nitrogens with zero attached hydrogens (tertiary/aromatic N) is 3. The van der Waals surface area contributed by atoms with Gasteiger partial charge in [-0.25, -0.2) is 4.98 Å². The van der Waals surface area contributed by atoms with Gasteiger partial charge in [-0.15, -0.1) is 11.6 Å². The molecule has 3 atom stereocenters. The largest absolute Gasteiger partial charge is 0.387 e. The van der Waals surface area contributed by atoms with E-state index in [1.807, 2.05) is 24.3 Å². The molecule has 3 rings (SSSR count). The maximum atomic E-state index is 11.3. The van der Waals surface area contributed by atoms with E-state index in [0.29, 0.717) is 24.8 Å². The Balaban J connectivity index is 1.81. The number of alkyl halides is 1. The molecular weight excluding hydrogens is 333 g/mol. The first-order valence-electron chi connectivity index (χ1n) is 7.82. The molecule has 1 fully saturated rings. The van der Waals surface area contributed by atoms with E-state index in [2.05, 4.69) is 17.0 Å². The molecule has 0 amide bonds. The lowest BCUT2D eigenvalue weighted by atomic mass is 9.70. The Labute approximate surface area is 146 Å². The van der Waals surface area contributed by atoms with Crippen LogP contribution >= 0.6 is 23.2 Å². The summed E-state index contributed by atoms with van der Waals surface area (Å²) >= 11 is 12.3. The Bertz CT molecular complexity index is 646. The quantitative estimate of drug-likeness (QED) is 0.836. The highest BCUT2D eigenvalue weighted by atomic mass is 35.5. The smallest absolute Gasteiger partial charge is 0.137 e. The topological polar surface area (TPSA) is 50.9 Å². The monoisotopic (exact) mass is 353 g/mol. The highest BCUT2D eigenvalue weighted by molar-refractivity contribution is 6.30. The van der Waals surface area contributed by atoms with Crippen molar-refractivity contribution < 1.29 is 5.11 Å². The average Bonchev–Trinajstić information content (AvgIpc) is 3.12. The summed E-state index contributed by atoms with van der Waals surface area (Å²) in [6, 6.07) is 7.91. The minimum Gasteiger partial charge on any atom is -0.387 e. The number of hydrogen-bond donors (Lipinski definition) is 1. The van der Waals surface area contributed by atoms with Gasteiger partial charge in [-0.3, -0.25) is 4.68 Å². The molecular formula is C17H21Cl2N3O. The zero-order valence-corrected chi connectivity index (χ0v) is 14.6. The fourth-order valence-electron chi connectivity index (χ4n) is 3.70. The van der Waals surface area contributed by atoms with Crippen molar-refractivity contribution in [1.82, 2.24) is 14.8 Å². The van der Waals surface area contributed by atoms with E-state index in [4.69, 9.17) is 23.2 Å². The van der Waals surface area contributed by atoms with Crippen LogP contribution in [-0.2, 0) is 13.0 Å². The Kier molecular flexibility index (Phi) is 4.68. The van der Waals surface area contributed by atoms with Gasteiger partial charge in [0.1, 0.15) is 12.7 Å². The highest BCUT2D eigenvalue weighted by Gasteiger charge is 2.56. The molecule has 0 bridgehead atoms. The number of rotatable bonds is 5. The van der Waals surface area contributed by atoms with Gasteiger partial charge < -0.3 is 5.11 Å². The minimum atomic E-state index is -0.875. The molecule has 1 N–H and O–H groups in total. The van der Waals surface area contributed by atoms with Crippen molar-refractivity contribution >= 4 is 23.2 Å². The van der Waals surface area contributed by atoms with Gasteiger partial charge in [0, 0.05) is 16.3 Å². The second kappa shape index (κ2) is 6.42. The maximum Gasteiger partial charge on any atom is 0.137 e. The van der Waals surface area contributed by atoms with E-state index in [0.717, 1.165) is 17.9 Å². The van der Waals surface area contributed by atoms with E-state index < -0.39 is 5.60 Å². The molecule has 0 radical (unpaired) electrons. The molecule has 124 valence electrons. The zero-order valence-electron chi connectivity index (χ0n) is 13.1. The fraction of sp³-hybridized carbons (Fsp3) is 0.529. The van der Waals surface area contributed by atoms with Gasteiger partial charge in [0.2, 0.25) is 0 Å². The SMILES string of the molecule is CC1(CCl)C(Cc2ccc(Cl)cc2)CCC1(O)Cn1cncn1. The van der Waals surface area contributed by atoms with Crippen LogP contribution in [0.3, 0.4) is 0 Å². The molecule has 0 saturated heterocycles. The van der Waals surface area contributed by atoms with Crippen LogP contribution in [0.2, 0.25) is 5.02 Å². The molecule has 1 aromatic carbocycles. The lowest BCUT2D eigenvalue weighted by Crippen LogP contribution is -2.50. The van der Waals surface area contributed by atoms with Gasteiger partial charge in [-0.2, -0.15) is 5.10 Å². The first-order valence-corrected chi connectivity index (χ1v) is 8.73. The molecule has 6 heteroatoms. The molecule has 2 aromatic rings. The van der Waals surface area contributed by atoms with Crippen LogP contribution in [0.4, 0.5) is 0 Å². The van der Waals surface area contributed by atoms with E-state index in [9.17, 15) is 5.11 Å². The Morgan fingerprint density at radius 2 is 2.09 bits per heavy atom. The summed E-state index contributed by atoms with van der Waals surface area (Å²) in [5.74, 6) is 0.728. The van der Waals surface area contributed by atoms with Crippen molar-refractivity contribution in [3.8, 4) is 0 Å². The van der Waals surface area contributed by atoms with Crippen molar-refractivity contribution in [3.63, 3.8) is 0 Å². The summed E-state index contributed by atoms with van der Waals surface area (Å²) < 4.78 is 1.69. The van der Waals surface area contributed by atoms with Crippen LogP contribution in [0, 0.1) is 11.3 Å². The van der Waals surface area contributed by atoms with Crippen LogP contribution in [0.5, 0.6) is 0 Å². The first kappa shape index (κ1) is 16.7. The molecule has 1 heterocycles. The number of aliphatic hydroxyl groups is 1. The number of benzene rings is 1. The second-order valence-electron chi connectivity index (χ2n) is 6.74. The predicted octanol–water partition coefficient (Wildman–Crippen LogP) is 3.56. The maximum absolute atomic E-state index is 11.3. The summed E-state index contributed by atoms with van der Waals surface area (Å²) in [4.78, 5) is 3.96. The van der Waals surface area contributed by atoms with Crippen LogP contribution < -0.4 is 0 Å². The van der Waals surface area contributed by atoms with E-state index >= 15 is 0 Å². The Morgan fingerprint density at radius 3 is 2.70 bits per heavy atom. The summed E-state index contributed by atoms with van der Waals surface area (Å²) in [5.41, 5.74) is -0.0274. The Hall–Kier alpha value is -1.10. The van der Waals surface area contributed by atoms with Gasteiger partial charge in [0.25, 0.3) is 0 Å². The van der Waals surface area contributed by atoms with Gasteiger partial charge in [0.05, 0.1) is 12.1 Å². The predicted molar refractivity (Wildman–Crippen MR) is 91.7 cm³/mol. The van der Waals surface area contributed by atoms with Crippen molar-refractivity contribution in [2.24, 2.45) is 11.3 Å². The zero-order chi connectivity index (χ0) is 16.5. The van der Waals surface area contributed by atoms with E-state index in [1.54, 1.807) is 11.0 Å². The van der Waals surface area contributed by atoms with Crippen LogP contribution in [0.25, 0.3) is 0 Å². The molecule has 1 aliphatic carbocycles. The molecule has 0 aliphatic heterocycles. The number of hydrogen-bond acceptors (Lipinski definition) is 3. The van der Waals surface area contributed by atoms with E-state index in [1.165, 1.54) is 11.9 Å². The van der Waals surface area contributed by atoms with Crippen LogP contribution in [-0.4, -0.2) is 31.4 Å². The van der Waals surface area contributed by atoms with Crippen LogP contribution in [0.1, 0.15) is 25.3 Å². The molecule has 3 unspecified atom stereocenters. The van der Waals surface area contributed by atoms with Crippen molar-refractivity contribution in [1.29, 1.82) is 0 Å². The summed E-state index contributed by atoms with van der Waals surface area (Å²) in [7, 11) is 0. The third-order valence-corrected chi connectivity index (χ3v) is 6.24. The summed E-state index contributed by atoms with van der Waals surface area (Å²) in [6.45, 7) is 2.51. The third kappa shape index (κ3) is 3.12. The van der Waals surface area contributed by atoms with Crippen molar-refractivity contribution in [2.45, 2.75) is 38.3 Å². The molecule has 23 heavy (non-hydrogen) atoms. The highest BCUT2D eigenvalue weighted by Crippen LogP contribution is 2.53. The molecule has 0 spiro atoms. The summed E-state index contributed by atoms with van der Waals surface area (Å²) in [6.07, 6.45) is 5.67. The minimum absolute atomic E-state index is 0.315. The van der Waals surface area contributed by atoms with Gasteiger partial charge in [-0.1, -0.05) is 30.7 Å². The lowest BCUT2D eigenvalue weighted by Gasteiger charge is -2.42. The first-order chi connectivity index (χ1) is 11.0. The summed E-state index contributed by atoms with van der Waals surface area (Å²) in [5, 5.41) is 16.2. The lowest BCUT2D eigenvalue weighted by molar-refractivity contribution is -0.0711. The molecule has 1 aliphatic rings. The van der Waals surface area contributed by atoms with Gasteiger partial charge >= 0.3 is 0 Å². The van der Waals surface area contributed by atoms with Crippen molar-refractivity contribution in [2.75, 3.05) is 5.88 Å². The van der Waals surface area contributed by atoms with Gasteiger partial charge in [-0.05, 0) is 42.9 Å².